The Kier molecular flexibility index (Phi) is 8.60. The predicted octanol–water partition coefficient (Wildman–Crippen LogP) is 4.59. The Bertz CT molecular complexity index is 1030. The number of nitriles is 1. The monoisotopic (exact) mass is 444 g/mol. The number of fused-ring (bicyclic) bond motifs is 1. The van der Waals surface area contributed by atoms with Crippen molar-refractivity contribution in [3.63, 3.8) is 0 Å². The van der Waals surface area contributed by atoms with Gasteiger partial charge in [0.1, 0.15) is 5.75 Å². The predicted molar refractivity (Wildman–Crippen MR) is 124 cm³/mol. The highest BCUT2D eigenvalue weighted by atomic mass is 35.5. The number of rotatable bonds is 8. The van der Waals surface area contributed by atoms with E-state index in [0.717, 1.165) is 35.6 Å². The Balaban J connectivity index is 0.00000320. The van der Waals surface area contributed by atoms with E-state index in [1.165, 1.54) is 11.3 Å². The van der Waals surface area contributed by atoms with Crippen molar-refractivity contribution >= 4 is 45.0 Å². The van der Waals surface area contributed by atoms with Crippen molar-refractivity contribution < 1.29 is 9.53 Å². The molecule has 3 rings (SSSR count). The van der Waals surface area contributed by atoms with E-state index >= 15 is 0 Å². The van der Waals surface area contributed by atoms with Gasteiger partial charge in [-0.2, -0.15) is 5.26 Å². The van der Waals surface area contributed by atoms with E-state index in [9.17, 15) is 4.79 Å². The van der Waals surface area contributed by atoms with Gasteiger partial charge in [0, 0.05) is 24.7 Å². The van der Waals surface area contributed by atoms with Gasteiger partial charge in [-0.3, -0.25) is 9.69 Å². The number of ether oxygens (including phenoxy) is 1. The van der Waals surface area contributed by atoms with E-state index in [0.29, 0.717) is 22.8 Å². The molecule has 6 nitrogen and oxygen atoms in total. The molecule has 0 aliphatic carbocycles. The Labute approximate surface area is 187 Å². The standard InChI is InChI=1S/C22H24N4O2S.ClH/c1-4-25(5-2)12-13-26(21(27)17-8-6-16(15-23)7-9-17)22-24-19-14-18(28-3)10-11-20(19)29-22;/h6-11,14H,4-5,12-13H2,1-3H3;1H. The summed E-state index contributed by atoms with van der Waals surface area (Å²) in [5.41, 5.74) is 1.88. The highest BCUT2D eigenvalue weighted by Gasteiger charge is 2.22. The lowest BCUT2D eigenvalue weighted by molar-refractivity contribution is 0.0984. The van der Waals surface area contributed by atoms with Gasteiger partial charge in [-0.05, 0) is 49.5 Å². The molecule has 1 amide bonds. The van der Waals surface area contributed by atoms with E-state index in [-0.39, 0.29) is 18.3 Å². The number of likely N-dealkylation sites (N-methyl/N-ethyl adjacent to an activating group) is 1. The number of carbonyl (C=O) groups excluding carboxylic acids is 1. The van der Waals surface area contributed by atoms with Crippen LogP contribution in [0, 0.1) is 11.3 Å². The fraction of sp³-hybridized carbons (Fsp3) is 0.318. The zero-order valence-corrected chi connectivity index (χ0v) is 18.9. The van der Waals surface area contributed by atoms with Crippen molar-refractivity contribution in [1.82, 2.24) is 9.88 Å². The molecule has 3 aromatic rings. The Morgan fingerprint density at radius 1 is 1.13 bits per heavy atom. The van der Waals surface area contributed by atoms with E-state index in [1.54, 1.807) is 36.3 Å². The second-order valence-electron chi connectivity index (χ2n) is 6.50. The molecule has 158 valence electrons. The highest BCUT2D eigenvalue weighted by molar-refractivity contribution is 7.22. The van der Waals surface area contributed by atoms with E-state index in [1.807, 2.05) is 18.2 Å². The third kappa shape index (κ3) is 5.28. The van der Waals surface area contributed by atoms with Crippen molar-refractivity contribution in [2.24, 2.45) is 0 Å². The number of aromatic nitrogens is 1. The Morgan fingerprint density at radius 3 is 2.43 bits per heavy atom. The summed E-state index contributed by atoms with van der Waals surface area (Å²) in [6, 6.07) is 14.5. The number of halogens is 1. The number of carbonyl (C=O) groups is 1. The number of amides is 1. The van der Waals surface area contributed by atoms with Crippen LogP contribution >= 0.6 is 23.7 Å². The molecule has 0 aliphatic heterocycles. The summed E-state index contributed by atoms with van der Waals surface area (Å²) in [5, 5.41) is 9.67. The minimum atomic E-state index is -0.118. The Hall–Kier alpha value is -2.66. The van der Waals surface area contributed by atoms with Gasteiger partial charge < -0.3 is 9.64 Å². The van der Waals surface area contributed by atoms with E-state index in [4.69, 9.17) is 15.0 Å². The van der Waals surface area contributed by atoms with E-state index < -0.39 is 0 Å². The van der Waals surface area contributed by atoms with Gasteiger partial charge in [0.25, 0.3) is 5.91 Å². The molecule has 30 heavy (non-hydrogen) atoms. The number of methoxy groups -OCH3 is 1. The second kappa shape index (κ2) is 10.9. The molecule has 2 aromatic carbocycles. The van der Waals surface area contributed by atoms with Gasteiger partial charge in [0.05, 0.1) is 29.0 Å². The van der Waals surface area contributed by atoms with Gasteiger partial charge in [-0.1, -0.05) is 25.2 Å². The maximum absolute atomic E-state index is 13.3. The van der Waals surface area contributed by atoms with Crippen molar-refractivity contribution in [3.8, 4) is 11.8 Å². The third-order valence-corrected chi connectivity index (χ3v) is 5.91. The lowest BCUT2D eigenvalue weighted by Gasteiger charge is -2.24. The first-order valence-corrected chi connectivity index (χ1v) is 10.4. The zero-order valence-electron chi connectivity index (χ0n) is 17.3. The van der Waals surface area contributed by atoms with Gasteiger partial charge >= 0.3 is 0 Å². The average molecular weight is 445 g/mol. The van der Waals surface area contributed by atoms with Gasteiger partial charge in [0.2, 0.25) is 0 Å². The number of hydrogen-bond donors (Lipinski definition) is 0. The number of hydrogen-bond acceptors (Lipinski definition) is 6. The van der Waals surface area contributed by atoms with Crippen LogP contribution in [0.15, 0.2) is 42.5 Å². The molecule has 0 atom stereocenters. The molecule has 0 bridgehead atoms. The maximum atomic E-state index is 13.3. The van der Waals surface area contributed by atoms with E-state index in [2.05, 4.69) is 24.8 Å². The number of thiazole rings is 1. The maximum Gasteiger partial charge on any atom is 0.260 e. The minimum Gasteiger partial charge on any atom is -0.497 e. The fourth-order valence-electron chi connectivity index (χ4n) is 3.05. The summed E-state index contributed by atoms with van der Waals surface area (Å²) in [5.74, 6) is 0.620. The van der Waals surface area contributed by atoms with Crippen LogP contribution in [0.25, 0.3) is 10.2 Å². The van der Waals surface area contributed by atoms with Crippen LogP contribution in [-0.2, 0) is 0 Å². The topological polar surface area (TPSA) is 69.5 Å². The molecule has 1 aromatic heterocycles. The van der Waals surface area contributed by atoms with Crippen LogP contribution in [0.5, 0.6) is 5.75 Å². The summed E-state index contributed by atoms with van der Waals surface area (Å²) in [7, 11) is 1.62. The van der Waals surface area contributed by atoms with Gasteiger partial charge in [-0.15, -0.1) is 12.4 Å². The van der Waals surface area contributed by atoms with Crippen molar-refractivity contribution in [3.05, 3.63) is 53.6 Å². The SMILES string of the molecule is CCN(CC)CCN(C(=O)c1ccc(C#N)cc1)c1nc2cc(OC)ccc2s1.Cl. The lowest BCUT2D eigenvalue weighted by atomic mass is 10.1. The zero-order chi connectivity index (χ0) is 20.8. The van der Waals surface area contributed by atoms with Crippen LogP contribution in [0.1, 0.15) is 29.8 Å². The van der Waals surface area contributed by atoms with Crippen LogP contribution < -0.4 is 9.64 Å². The highest BCUT2D eigenvalue weighted by Crippen LogP contribution is 2.32. The molecule has 0 spiro atoms. The van der Waals surface area contributed by atoms with Crippen LogP contribution in [0.2, 0.25) is 0 Å². The quantitative estimate of drug-likeness (QED) is 0.508. The lowest BCUT2D eigenvalue weighted by Crippen LogP contribution is -2.38. The van der Waals surface area contributed by atoms with Crippen molar-refractivity contribution in [2.45, 2.75) is 13.8 Å². The molecule has 0 aliphatic rings. The second-order valence-corrected chi connectivity index (χ2v) is 7.51. The summed E-state index contributed by atoms with van der Waals surface area (Å²) in [6.07, 6.45) is 0. The summed E-state index contributed by atoms with van der Waals surface area (Å²) in [6.45, 7) is 7.37. The molecular weight excluding hydrogens is 420 g/mol. The molecule has 0 radical (unpaired) electrons. The van der Waals surface area contributed by atoms with Crippen molar-refractivity contribution in [2.75, 3.05) is 38.2 Å². The molecule has 0 N–H and O–H groups in total. The summed E-state index contributed by atoms with van der Waals surface area (Å²) < 4.78 is 6.29. The summed E-state index contributed by atoms with van der Waals surface area (Å²) >= 11 is 1.49. The number of nitrogens with zero attached hydrogens (tertiary/aromatic N) is 4. The Morgan fingerprint density at radius 2 is 1.83 bits per heavy atom. The van der Waals surface area contributed by atoms with Crippen LogP contribution in [0.4, 0.5) is 5.13 Å². The largest absolute Gasteiger partial charge is 0.497 e. The van der Waals surface area contributed by atoms with Crippen molar-refractivity contribution in [1.29, 1.82) is 5.26 Å². The first kappa shape index (κ1) is 23.6. The molecule has 1 heterocycles. The molecule has 0 unspecified atom stereocenters. The molecule has 0 saturated heterocycles. The first-order valence-electron chi connectivity index (χ1n) is 9.58. The molecule has 8 heteroatoms. The number of benzene rings is 2. The normalized spacial score (nSPS) is 10.5. The number of anilines is 1. The smallest absolute Gasteiger partial charge is 0.260 e. The van der Waals surface area contributed by atoms with Crippen LogP contribution in [-0.4, -0.2) is 49.1 Å². The van der Waals surface area contributed by atoms with Crippen LogP contribution in [0.3, 0.4) is 0 Å². The van der Waals surface area contributed by atoms with Gasteiger partial charge in [0.15, 0.2) is 5.13 Å². The molecule has 0 saturated carbocycles. The summed E-state index contributed by atoms with van der Waals surface area (Å²) in [4.78, 5) is 22.0. The average Bonchev–Trinajstić information content (AvgIpc) is 3.19. The first-order chi connectivity index (χ1) is 14.1. The minimum absolute atomic E-state index is 0. The molecule has 0 fully saturated rings. The molecular formula is C22H25ClN4O2S. The van der Waals surface area contributed by atoms with Gasteiger partial charge in [-0.25, -0.2) is 4.98 Å². The third-order valence-electron chi connectivity index (χ3n) is 4.85. The fourth-order valence-corrected chi connectivity index (χ4v) is 4.02.